The standard InChI is InChI=1S/C17H26N2O4/c1-2-15(20)19-8-4-3-5-14(19)16(21)18-9-12(11-6-7-11)13(10-18)17(22)23/h11-14H,2-10H2,1H3,(H,22,23)/t12-,13+,14?/m1/s1. The molecule has 0 aromatic carbocycles. The van der Waals surface area contributed by atoms with Crippen LogP contribution in [-0.2, 0) is 14.4 Å². The maximum Gasteiger partial charge on any atom is 0.308 e. The normalized spacial score (nSPS) is 31.3. The molecular formula is C17H26N2O4. The van der Waals surface area contributed by atoms with Crippen molar-refractivity contribution in [3.63, 3.8) is 0 Å². The van der Waals surface area contributed by atoms with E-state index in [9.17, 15) is 19.5 Å². The fourth-order valence-electron chi connectivity index (χ4n) is 4.17. The summed E-state index contributed by atoms with van der Waals surface area (Å²) in [6, 6.07) is -0.386. The lowest BCUT2D eigenvalue weighted by Gasteiger charge is -2.36. The van der Waals surface area contributed by atoms with Crippen LogP contribution in [0.3, 0.4) is 0 Å². The number of nitrogens with zero attached hydrogens (tertiary/aromatic N) is 2. The van der Waals surface area contributed by atoms with E-state index in [1.165, 1.54) is 0 Å². The van der Waals surface area contributed by atoms with E-state index in [1.807, 2.05) is 6.92 Å². The molecule has 0 aromatic rings. The highest BCUT2D eigenvalue weighted by Crippen LogP contribution is 2.44. The van der Waals surface area contributed by atoms with Gasteiger partial charge < -0.3 is 14.9 Å². The van der Waals surface area contributed by atoms with E-state index in [0.717, 1.165) is 25.7 Å². The van der Waals surface area contributed by atoms with Gasteiger partial charge in [-0.05, 0) is 43.9 Å². The van der Waals surface area contributed by atoms with Gasteiger partial charge >= 0.3 is 5.97 Å². The van der Waals surface area contributed by atoms with Crippen molar-refractivity contribution in [1.29, 1.82) is 0 Å². The van der Waals surface area contributed by atoms with Crippen LogP contribution in [0.2, 0.25) is 0 Å². The van der Waals surface area contributed by atoms with Crippen molar-refractivity contribution in [3.8, 4) is 0 Å². The maximum atomic E-state index is 12.9. The quantitative estimate of drug-likeness (QED) is 0.847. The van der Waals surface area contributed by atoms with E-state index in [-0.39, 0.29) is 23.8 Å². The lowest BCUT2D eigenvalue weighted by atomic mass is 9.92. The zero-order chi connectivity index (χ0) is 16.6. The molecule has 0 bridgehead atoms. The van der Waals surface area contributed by atoms with Gasteiger partial charge in [0, 0.05) is 26.1 Å². The van der Waals surface area contributed by atoms with Gasteiger partial charge in [0.25, 0.3) is 0 Å². The van der Waals surface area contributed by atoms with Crippen molar-refractivity contribution in [3.05, 3.63) is 0 Å². The molecule has 2 aliphatic heterocycles. The van der Waals surface area contributed by atoms with Crippen LogP contribution >= 0.6 is 0 Å². The Hall–Kier alpha value is -1.59. The van der Waals surface area contributed by atoms with Crippen LogP contribution < -0.4 is 0 Å². The number of hydrogen-bond donors (Lipinski definition) is 1. The Morgan fingerprint density at radius 2 is 1.83 bits per heavy atom. The molecule has 3 rings (SSSR count). The number of amides is 2. The van der Waals surface area contributed by atoms with Crippen LogP contribution in [-0.4, -0.2) is 58.4 Å². The number of carbonyl (C=O) groups is 3. The lowest BCUT2D eigenvalue weighted by molar-refractivity contribution is -0.147. The molecule has 0 radical (unpaired) electrons. The fraction of sp³-hybridized carbons (Fsp3) is 0.824. The highest BCUT2D eigenvalue weighted by molar-refractivity contribution is 5.88. The van der Waals surface area contributed by atoms with E-state index in [1.54, 1.807) is 9.80 Å². The SMILES string of the molecule is CCC(=O)N1CCCCC1C(=O)N1C[C@H](C(=O)O)[C@@H](C2CC2)C1. The zero-order valence-electron chi connectivity index (χ0n) is 13.7. The Balaban J connectivity index is 1.71. The van der Waals surface area contributed by atoms with Gasteiger partial charge in [0.15, 0.2) is 0 Å². The third kappa shape index (κ3) is 3.21. The summed E-state index contributed by atoms with van der Waals surface area (Å²) < 4.78 is 0. The number of piperidine rings is 1. The first-order valence-corrected chi connectivity index (χ1v) is 8.84. The molecule has 3 fully saturated rings. The van der Waals surface area contributed by atoms with Crippen LogP contribution in [0.5, 0.6) is 0 Å². The molecule has 2 saturated heterocycles. The Morgan fingerprint density at radius 1 is 1.09 bits per heavy atom. The molecule has 0 aromatic heterocycles. The lowest BCUT2D eigenvalue weighted by Crippen LogP contribution is -2.52. The first-order valence-electron chi connectivity index (χ1n) is 8.84. The summed E-state index contributed by atoms with van der Waals surface area (Å²) in [4.78, 5) is 40.0. The van der Waals surface area contributed by atoms with Crippen molar-refractivity contribution in [2.24, 2.45) is 17.8 Å². The van der Waals surface area contributed by atoms with Gasteiger partial charge in [0.05, 0.1) is 5.92 Å². The molecule has 23 heavy (non-hydrogen) atoms. The van der Waals surface area contributed by atoms with Gasteiger partial charge in [-0.2, -0.15) is 0 Å². The predicted octanol–water partition coefficient (Wildman–Crippen LogP) is 1.35. The molecular weight excluding hydrogens is 296 g/mol. The van der Waals surface area contributed by atoms with E-state index >= 15 is 0 Å². The van der Waals surface area contributed by atoms with Gasteiger partial charge in [-0.3, -0.25) is 14.4 Å². The number of rotatable bonds is 4. The second kappa shape index (κ2) is 6.49. The third-order valence-electron chi connectivity index (χ3n) is 5.63. The predicted molar refractivity (Wildman–Crippen MR) is 83.6 cm³/mol. The molecule has 1 unspecified atom stereocenters. The average Bonchev–Trinajstić information content (AvgIpc) is 3.31. The summed E-state index contributed by atoms with van der Waals surface area (Å²) in [6.45, 7) is 3.31. The second-order valence-electron chi connectivity index (χ2n) is 7.14. The highest BCUT2D eigenvalue weighted by Gasteiger charge is 2.48. The smallest absolute Gasteiger partial charge is 0.308 e. The van der Waals surface area contributed by atoms with Crippen LogP contribution in [0.25, 0.3) is 0 Å². The minimum atomic E-state index is -0.790. The van der Waals surface area contributed by atoms with E-state index in [0.29, 0.717) is 38.4 Å². The molecule has 6 heteroatoms. The maximum absolute atomic E-state index is 12.9. The van der Waals surface area contributed by atoms with Crippen molar-refractivity contribution in [2.75, 3.05) is 19.6 Å². The number of carboxylic acid groups (broad SMARTS) is 1. The van der Waals surface area contributed by atoms with E-state index in [4.69, 9.17) is 0 Å². The monoisotopic (exact) mass is 322 g/mol. The number of hydrogen-bond acceptors (Lipinski definition) is 3. The number of carboxylic acids is 1. The van der Waals surface area contributed by atoms with Gasteiger partial charge in [-0.25, -0.2) is 0 Å². The second-order valence-corrected chi connectivity index (χ2v) is 7.14. The summed E-state index contributed by atoms with van der Waals surface area (Å²) >= 11 is 0. The van der Waals surface area contributed by atoms with Crippen LogP contribution in [0.1, 0.15) is 45.4 Å². The molecule has 2 heterocycles. The Labute approximate surface area is 136 Å². The largest absolute Gasteiger partial charge is 0.481 e. The molecule has 1 saturated carbocycles. The highest BCUT2D eigenvalue weighted by atomic mass is 16.4. The van der Waals surface area contributed by atoms with Gasteiger partial charge in [-0.1, -0.05) is 6.92 Å². The summed E-state index contributed by atoms with van der Waals surface area (Å²) in [5.41, 5.74) is 0. The average molecular weight is 322 g/mol. The summed E-state index contributed by atoms with van der Waals surface area (Å²) in [6.07, 6.45) is 5.17. The molecule has 0 spiro atoms. The van der Waals surface area contributed by atoms with Crippen LogP contribution in [0.4, 0.5) is 0 Å². The van der Waals surface area contributed by atoms with Crippen molar-refractivity contribution < 1.29 is 19.5 Å². The topological polar surface area (TPSA) is 77.9 Å². The summed E-state index contributed by atoms with van der Waals surface area (Å²) in [5, 5.41) is 9.45. The van der Waals surface area contributed by atoms with Crippen molar-refractivity contribution in [2.45, 2.75) is 51.5 Å². The zero-order valence-corrected chi connectivity index (χ0v) is 13.7. The summed E-state index contributed by atoms with van der Waals surface area (Å²) in [5.74, 6) is -0.687. The van der Waals surface area contributed by atoms with Gasteiger partial charge in [0.1, 0.15) is 6.04 Å². The molecule has 3 atom stereocenters. The molecule has 2 amide bonds. The Bertz CT molecular complexity index is 503. The summed E-state index contributed by atoms with van der Waals surface area (Å²) in [7, 11) is 0. The minimum absolute atomic E-state index is 0.0239. The fourth-order valence-corrected chi connectivity index (χ4v) is 4.17. The molecule has 128 valence electrons. The van der Waals surface area contributed by atoms with E-state index in [2.05, 4.69) is 0 Å². The minimum Gasteiger partial charge on any atom is -0.481 e. The first-order chi connectivity index (χ1) is 11.0. The molecule has 3 aliphatic rings. The van der Waals surface area contributed by atoms with Crippen molar-refractivity contribution in [1.82, 2.24) is 9.80 Å². The molecule has 6 nitrogen and oxygen atoms in total. The number of carbonyl (C=O) groups excluding carboxylic acids is 2. The van der Waals surface area contributed by atoms with Crippen LogP contribution in [0, 0.1) is 17.8 Å². The van der Waals surface area contributed by atoms with Gasteiger partial charge in [0.2, 0.25) is 11.8 Å². The number of likely N-dealkylation sites (tertiary alicyclic amines) is 2. The Morgan fingerprint density at radius 3 is 2.43 bits per heavy atom. The van der Waals surface area contributed by atoms with E-state index < -0.39 is 11.9 Å². The number of aliphatic carboxylic acids is 1. The molecule has 1 aliphatic carbocycles. The third-order valence-corrected chi connectivity index (χ3v) is 5.63. The molecule has 1 N–H and O–H groups in total. The van der Waals surface area contributed by atoms with Gasteiger partial charge in [-0.15, -0.1) is 0 Å². The Kier molecular flexibility index (Phi) is 4.60. The van der Waals surface area contributed by atoms with Crippen LogP contribution in [0.15, 0.2) is 0 Å². The first kappa shape index (κ1) is 16.3. The van der Waals surface area contributed by atoms with Crippen molar-refractivity contribution >= 4 is 17.8 Å².